The van der Waals surface area contributed by atoms with Crippen LogP contribution in [0.25, 0.3) is 0 Å². The second-order valence-corrected chi connectivity index (χ2v) is 49.3. The summed E-state index contributed by atoms with van der Waals surface area (Å²) in [7, 11) is 2.00. The zero-order valence-corrected chi connectivity index (χ0v) is 92.7. The number of fused-ring (bicyclic) bond motifs is 22. The molecule has 712 valence electrons. The zero-order chi connectivity index (χ0) is 94.9. The fourth-order valence-electron chi connectivity index (χ4n) is 28.5. The maximum atomic E-state index is 13.1. The molecule has 0 bridgehead atoms. The largest absolute Gasteiger partial charge is 1.00 e. The SMILES string of the molecule is CC(C)S.CC1=C(OCCF)C(=O)C=C2C1=CC=C1[C@@]2(C)CC[C@@]2(C)[C@@H]3C[C@](C)(C(N)=O)CC[C@]3(C)CC[C@]12C.CO.CO.Cc1c(OCCF)c(O)cc2c1C(SC(C)C)C=C1[C@@]2(C)CC[C@@]2(C)[C@@H]3C[C@](C)(C(N)=O)CC[C@]3(C)CC[C@]12C.Cc1c2c(cc3c1C(SC(C)C)C=C1[C@@]3(C)CC[C@@]3(C)[C@@H]4C[C@](C)(C(N)=O)CC[C@]4(C)CC[C@]13C)OCCO2.O=CO[O-].[H-].[K+].[K+]. The number of aliphatic hydroxyl groups excluding tert-OH is 2. The molecule has 3 amide bonds. The molecule has 16 rings (SSSR count). The molecule has 20 atom stereocenters. The van der Waals surface area contributed by atoms with E-state index in [0.717, 1.165) is 164 Å². The van der Waals surface area contributed by atoms with Crippen LogP contribution in [0.4, 0.5) is 8.78 Å². The molecule has 9 N–H and O–H groups in total. The molecule has 2 aromatic carbocycles. The smallest absolute Gasteiger partial charge is 1.00 e. The van der Waals surface area contributed by atoms with Gasteiger partial charge in [-0.05, 0) is 301 Å². The Hall–Kier alpha value is -2.51. The van der Waals surface area contributed by atoms with Crippen LogP contribution in [0.15, 0.2) is 81.7 Å². The van der Waals surface area contributed by atoms with Gasteiger partial charge in [0, 0.05) is 62.8 Å². The molecule has 0 saturated heterocycles. The summed E-state index contributed by atoms with van der Waals surface area (Å²) in [5, 5.41) is 35.5. The van der Waals surface area contributed by atoms with Crippen LogP contribution in [0.5, 0.6) is 23.0 Å². The number of hydrogen-bond acceptors (Lipinski definition) is 17. The van der Waals surface area contributed by atoms with Gasteiger partial charge in [-0.2, -0.15) is 12.6 Å². The van der Waals surface area contributed by atoms with Crippen LogP contribution in [0.2, 0.25) is 0 Å². The van der Waals surface area contributed by atoms with Gasteiger partial charge in [0.15, 0.2) is 28.8 Å². The summed E-state index contributed by atoms with van der Waals surface area (Å²) in [6.45, 7) is 55.0. The normalized spacial score (nSPS) is 38.1. The van der Waals surface area contributed by atoms with Gasteiger partial charge in [0.25, 0.3) is 6.47 Å². The fourth-order valence-corrected chi connectivity index (χ4v) is 31.0. The molecule has 2 aromatic rings. The number of carbonyl (C=O) groups is 5. The van der Waals surface area contributed by atoms with E-state index in [9.17, 15) is 33.1 Å². The van der Waals surface area contributed by atoms with Gasteiger partial charge < -0.3 is 63.0 Å². The van der Waals surface area contributed by atoms with E-state index in [1.807, 2.05) is 45.5 Å². The van der Waals surface area contributed by atoms with E-state index in [4.69, 9.17) is 56.4 Å². The number of ketones is 1. The average molecular weight is 1900 g/mol. The number of allylic oxidation sites excluding steroid dienone is 9. The van der Waals surface area contributed by atoms with Crippen LogP contribution in [0, 0.1) is 102 Å². The fraction of sp³-hybridized carbons (Fsp3) is 0.724. The first-order chi connectivity index (χ1) is 59.1. The van der Waals surface area contributed by atoms with Gasteiger partial charge in [0.05, 0.1) is 0 Å². The second kappa shape index (κ2) is 41.5. The van der Waals surface area contributed by atoms with Gasteiger partial charge in [-0.25, -0.2) is 8.78 Å². The number of aromatic hydroxyl groups is 1. The van der Waals surface area contributed by atoms with E-state index in [-0.39, 0.29) is 229 Å². The van der Waals surface area contributed by atoms with Gasteiger partial charge >= 0.3 is 103 Å². The second-order valence-electron chi connectivity index (χ2n) is 44.8. The number of aliphatic hydroxyl groups is 2. The standard InChI is InChI=1S/C34H50FNO3S.C34H49NO3S.C31H42FNO3.C3H8S.CH2O3.2CH4O.2K.H/c1-20(2)40-24-18-25-32(6,22-17-23(37)28(39-16-15-35)21(3)27(22)24)12-14-34(8)26-19-31(5,29(36)38)10-9-30(26,4)11-13-33(25,34)7;1-20(2)39-24-18-25-32(6,22-17-23-28(21(3)27(22)24)38-16-15-37-23)12-14-34(8)26-19-31(5,29(35)36)10-9-30(26,4)11-13-33(25,34)7;1-19-20-7-8-23-29(4,21(20)17-22(34)25(19)36-16-15-32)12-14-31(6)24-18-28(3,26(33)35)10-9-27(24,2)11-13-30(23,31)5;1-3(2)4;2-1-4-3;2*1-2;;;/h17-18,20,24,26,37H,9-16,19H2,1-8H3,(H2,36,38);17-18,20,24,26H,9-16,19H2,1-8H3,(H2,35,36);7-8,17,24H,9-16,18H2,1-6H3,(H2,33,35);3-4H,1-2H3;1,3H;2*2H,1H3;;;/q;;;;;;;2*+1;-1/p-1/t2*24?,26-,30-,31-,32+,33-,34+;24-,27-,28-,29+,30-,31+;;;;;;;/m111......./s1. The molecule has 0 radical (unpaired) electrons. The van der Waals surface area contributed by atoms with E-state index < -0.39 is 29.6 Å². The van der Waals surface area contributed by atoms with Gasteiger partial charge in [0.2, 0.25) is 23.5 Å². The first-order valence-corrected chi connectivity index (χ1v) is 49.6. The molecule has 0 spiro atoms. The molecular formula is C105H159F2K2N3O14S3. The number of phenolic OH excluding ortho intramolecular Hbond substituents is 1. The van der Waals surface area contributed by atoms with Gasteiger partial charge in [-0.3, -0.25) is 24.0 Å². The Labute approximate surface area is 873 Å². The van der Waals surface area contributed by atoms with Crippen molar-refractivity contribution in [2.24, 2.45) is 105 Å². The minimum Gasteiger partial charge on any atom is -1.00 e. The average Bonchev–Trinajstić information content (AvgIpc) is 0.680. The maximum Gasteiger partial charge on any atom is 1.00 e. The third-order valence-electron chi connectivity index (χ3n) is 36.8. The van der Waals surface area contributed by atoms with E-state index in [1.54, 1.807) is 11.6 Å². The number of phenols is 1. The number of rotatable bonds is 14. The number of thioether (sulfide) groups is 2. The molecule has 2 unspecified atom stereocenters. The third-order valence-corrected chi connectivity index (χ3v) is 39.2. The van der Waals surface area contributed by atoms with Crippen molar-refractivity contribution in [2.45, 2.75) is 338 Å². The monoisotopic (exact) mass is 1900 g/mol. The van der Waals surface area contributed by atoms with Gasteiger partial charge in [0.1, 0.15) is 39.8 Å². The van der Waals surface area contributed by atoms with E-state index in [2.05, 4.69) is 198 Å². The number of nitrogens with two attached hydrogens (primary N) is 3. The first kappa shape index (κ1) is 112. The topological polar surface area (TPSA) is 293 Å². The molecular weight excluding hydrogens is 1740 g/mol. The van der Waals surface area contributed by atoms with Crippen molar-refractivity contribution < 1.29 is 181 Å². The predicted molar refractivity (Wildman–Crippen MR) is 511 cm³/mol. The van der Waals surface area contributed by atoms with Crippen molar-refractivity contribution in [3.63, 3.8) is 0 Å². The van der Waals surface area contributed by atoms with Crippen LogP contribution < -0.4 is 139 Å². The number of primary amides is 3. The third kappa shape index (κ3) is 19.2. The van der Waals surface area contributed by atoms with E-state index >= 15 is 0 Å². The predicted octanol–water partition coefficient (Wildman–Crippen LogP) is 16.0. The summed E-state index contributed by atoms with van der Waals surface area (Å²) < 4.78 is 49.4. The molecule has 13 aliphatic carbocycles. The maximum absolute atomic E-state index is 13.1. The number of thiol groups is 1. The van der Waals surface area contributed by atoms with Crippen molar-refractivity contribution in [2.75, 3.05) is 54.0 Å². The zero-order valence-electron chi connectivity index (χ0n) is 84.9. The number of ether oxygens (including phenoxy) is 4. The van der Waals surface area contributed by atoms with Crippen molar-refractivity contribution in [3.8, 4) is 23.0 Å². The Morgan fingerprint density at radius 2 is 0.899 bits per heavy atom. The molecule has 9 fully saturated rings. The van der Waals surface area contributed by atoms with Crippen molar-refractivity contribution in [3.05, 3.63) is 115 Å². The van der Waals surface area contributed by atoms with Crippen LogP contribution in [-0.2, 0) is 44.4 Å². The van der Waals surface area contributed by atoms with Gasteiger partial charge in [-0.15, -0.1) is 23.5 Å². The molecule has 17 nitrogen and oxygen atoms in total. The number of amides is 3. The summed E-state index contributed by atoms with van der Waals surface area (Å²) in [5.41, 5.74) is 32.1. The Morgan fingerprint density at radius 1 is 0.543 bits per heavy atom. The Balaban J connectivity index is 0.000000248. The Bertz CT molecular complexity index is 4730. The van der Waals surface area contributed by atoms with Gasteiger partial charge in [-0.1, -0.05) is 186 Å². The molecule has 9 saturated carbocycles. The number of carbonyl (C=O) groups excluding carboxylic acids is 5. The van der Waals surface area contributed by atoms with Crippen LogP contribution >= 0.6 is 36.2 Å². The molecule has 129 heavy (non-hydrogen) atoms. The van der Waals surface area contributed by atoms with Crippen molar-refractivity contribution in [1.29, 1.82) is 0 Å². The van der Waals surface area contributed by atoms with E-state index in [0.29, 0.717) is 57.7 Å². The molecule has 1 aliphatic heterocycles. The Kier molecular flexibility index (Phi) is 36.0. The minimum absolute atomic E-state index is 0. The van der Waals surface area contributed by atoms with Crippen LogP contribution in [0.1, 0.15) is 332 Å². The quantitative estimate of drug-likeness (QED) is 0.0231. The minimum atomic E-state index is -0.618. The molecule has 0 aromatic heterocycles. The van der Waals surface area contributed by atoms with Crippen LogP contribution in [0.3, 0.4) is 0 Å². The van der Waals surface area contributed by atoms with Crippen LogP contribution in [-0.4, -0.2) is 115 Å². The summed E-state index contributed by atoms with van der Waals surface area (Å²) in [4.78, 5) is 62.2. The summed E-state index contributed by atoms with van der Waals surface area (Å²) in [6.07, 6.45) is 33.3. The molecule has 1 heterocycles. The number of benzene rings is 2. The Morgan fingerprint density at radius 3 is 1.28 bits per heavy atom. The number of hydrogen-bond donors (Lipinski definition) is 7. The van der Waals surface area contributed by atoms with Crippen molar-refractivity contribution >= 4 is 66.1 Å². The summed E-state index contributed by atoms with van der Waals surface area (Å²) >= 11 is 7.97. The van der Waals surface area contributed by atoms with Crippen molar-refractivity contribution in [1.82, 2.24) is 0 Å². The van der Waals surface area contributed by atoms with E-state index in [1.165, 1.54) is 58.2 Å². The first-order valence-electron chi connectivity index (χ1n) is 47.2. The summed E-state index contributed by atoms with van der Waals surface area (Å²) in [5.74, 6) is 3.41. The summed E-state index contributed by atoms with van der Waals surface area (Å²) in [6, 6.07) is 4.28. The molecule has 24 heteroatoms. The number of halogens is 2. The number of alkyl halides is 2. The molecule has 14 aliphatic rings.